The molecule has 0 aliphatic carbocycles. The number of hydrogen-bond acceptors (Lipinski definition) is 4. The lowest BCUT2D eigenvalue weighted by Crippen LogP contribution is -2.01. The SMILES string of the molecule is CCc1nc(NC)cc(Oc2ccccc2Cl)n1. The third-order valence-corrected chi connectivity index (χ3v) is 2.68. The molecule has 0 bridgehead atoms. The number of aromatic nitrogens is 2. The zero-order valence-corrected chi connectivity index (χ0v) is 11.0. The van der Waals surface area contributed by atoms with Gasteiger partial charge in [-0.05, 0) is 12.1 Å². The minimum atomic E-state index is 0.485. The fraction of sp³-hybridized carbons (Fsp3) is 0.231. The van der Waals surface area contributed by atoms with E-state index in [0.717, 1.165) is 18.1 Å². The molecule has 0 atom stereocenters. The van der Waals surface area contributed by atoms with Gasteiger partial charge in [0.2, 0.25) is 5.88 Å². The Kier molecular flexibility index (Phi) is 3.99. The summed E-state index contributed by atoms with van der Waals surface area (Å²) in [5.41, 5.74) is 0. The molecule has 0 fully saturated rings. The van der Waals surface area contributed by atoms with Crippen LogP contribution in [0, 0.1) is 0 Å². The Balaban J connectivity index is 2.31. The molecule has 0 saturated carbocycles. The predicted molar refractivity (Wildman–Crippen MR) is 72.5 cm³/mol. The van der Waals surface area contributed by atoms with Gasteiger partial charge in [0, 0.05) is 19.5 Å². The van der Waals surface area contributed by atoms with Gasteiger partial charge in [-0.2, -0.15) is 4.98 Å². The lowest BCUT2D eigenvalue weighted by atomic mass is 10.3. The van der Waals surface area contributed by atoms with Gasteiger partial charge in [-0.1, -0.05) is 30.7 Å². The van der Waals surface area contributed by atoms with Crippen LogP contribution in [0.4, 0.5) is 5.82 Å². The van der Waals surface area contributed by atoms with E-state index in [4.69, 9.17) is 16.3 Å². The Bertz CT molecular complexity index is 523. The highest BCUT2D eigenvalue weighted by molar-refractivity contribution is 6.32. The Morgan fingerprint density at radius 3 is 2.72 bits per heavy atom. The zero-order chi connectivity index (χ0) is 13.0. The van der Waals surface area contributed by atoms with Gasteiger partial charge < -0.3 is 10.1 Å². The first kappa shape index (κ1) is 12.6. The standard InChI is InChI=1S/C13H14ClN3O/c1-3-11-16-12(15-2)8-13(17-11)18-10-7-5-4-6-9(10)14/h4-8H,3H2,1-2H3,(H,15,16,17). The van der Waals surface area contributed by atoms with Crippen LogP contribution in [0.15, 0.2) is 30.3 Å². The summed E-state index contributed by atoms with van der Waals surface area (Å²) in [6.45, 7) is 1.99. The van der Waals surface area contributed by atoms with E-state index in [9.17, 15) is 0 Å². The van der Waals surface area contributed by atoms with Crippen LogP contribution in [0.3, 0.4) is 0 Å². The van der Waals surface area contributed by atoms with Crippen LogP contribution in [0.2, 0.25) is 5.02 Å². The Hall–Kier alpha value is -1.81. The van der Waals surface area contributed by atoms with Crippen LogP contribution in [-0.4, -0.2) is 17.0 Å². The number of anilines is 1. The monoisotopic (exact) mass is 263 g/mol. The van der Waals surface area contributed by atoms with Gasteiger partial charge in [0.05, 0.1) is 5.02 Å². The number of nitrogens with zero attached hydrogens (tertiary/aromatic N) is 2. The average Bonchev–Trinajstić information content (AvgIpc) is 2.41. The Labute approximate surface area is 111 Å². The molecule has 0 spiro atoms. The number of aryl methyl sites for hydroxylation is 1. The summed E-state index contributed by atoms with van der Waals surface area (Å²) in [7, 11) is 1.81. The molecule has 0 radical (unpaired) electrons. The molecule has 2 rings (SSSR count). The van der Waals surface area contributed by atoms with Crippen LogP contribution in [0.25, 0.3) is 0 Å². The molecule has 0 amide bonds. The number of benzene rings is 1. The molecule has 1 N–H and O–H groups in total. The van der Waals surface area contributed by atoms with Crippen molar-refractivity contribution in [2.24, 2.45) is 0 Å². The molecule has 0 aliphatic rings. The van der Waals surface area contributed by atoms with Crippen molar-refractivity contribution >= 4 is 17.4 Å². The van der Waals surface area contributed by atoms with E-state index in [2.05, 4.69) is 15.3 Å². The lowest BCUT2D eigenvalue weighted by Gasteiger charge is -2.09. The van der Waals surface area contributed by atoms with E-state index in [1.54, 1.807) is 25.2 Å². The molecule has 1 aromatic carbocycles. The maximum absolute atomic E-state index is 6.04. The molecule has 0 saturated heterocycles. The van der Waals surface area contributed by atoms with Gasteiger partial charge in [0.25, 0.3) is 0 Å². The second kappa shape index (κ2) is 5.69. The molecular weight excluding hydrogens is 250 g/mol. The predicted octanol–water partition coefficient (Wildman–Crippen LogP) is 3.53. The third-order valence-electron chi connectivity index (χ3n) is 2.37. The van der Waals surface area contributed by atoms with Gasteiger partial charge in [-0.25, -0.2) is 4.98 Å². The van der Waals surface area contributed by atoms with Crippen LogP contribution < -0.4 is 10.1 Å². The third kappa shape index (κ3) is 2.90. The van der Waals surface area contributed by atoms with Crippen LogP contribution >= 0.6 is 11.6 Å². The Morgan fingerprint density at radius 1 is 1.28 bits per heavy atom. The minimum Gasteiger partial charge on any atom is -0.437 e. The summed E-state index contributed by atoms with van der Waals surface area (Å²) in [6, 6.07) is 9.03. The molecular formula is C13H14ClN3O. The number of halogens is 1. The smallest absolute Gasteiger partial charge is 0.224 e. The second-order valence-electron chi connectivity index (χ2n) is 3.64. The first-order chi connectivity index (χ1) is 8.72. The average molecular weight is 264 g/mol. The van der Waals surface area contributed by atoms with E-state index in [0.29, 0.717) is 16.7 Å². The van der Waals surface area contributed by atoms with E-state index in [1.165, 1.54) is 0 Å². The first-order valence-corrected chi connectivity index (χ1v) is 6.08. The van der Waals surface area contributed by atoms with Crippen molar-refractivity contribution in [1.29, 1.82) is 0 Å². The summed E-state index contributed by atoms with van der Waals surface area (Å²) in [4.78, 5) is 8.60. The second-order valence-corrected chi connectivity index (χ2v) is 4.05. The van der Waals surface area contributed by atoms with Gasteiger partial charge in [0.15, 0.2) is 0 Å². The molecule has 18 heavy (non-hydrogen) atoms. The van der Waals surface area contributed by atoms with Crippen molar-refractivity contribution in [2.75, 3.05) is 12.4 Å². The quantitative estimate of drug-likeness (QED) is 0.917. The maximum Gasteiger partial charge on any atom is 0.224 e. The van der Waals surface area contributed by atoms with Crippen LogP contribution in [-0.2, 0) is 6.42 Å². The van der Waals surface area contributed by atoms with Crippen LogP contribution in [0.1, 0.15) is 12.7 Å². The van der Waals surface area contributed by atoms with Crippen molar-refractivity contribution < 1.29 is 4.74 Å². The van der Waals surface area contributed by atoms with Gasteiger partial charge in [-0.3, -0.25) is 0 Å². The fourth-order valence-electron chi connectivity index (χ4n) is 1.45. The van der Waals surface area contributed by atoms with E-state index >= 15 is 0 Å². The largest absolute Gasteiger partial charge is 0.437 e. The van der Waals surface area contributed by atoms with Gasteiger partial charge in [0.1, 0.15) is 17.4 Å². The fourth-order valence-corrected chi connectivity index (χ4v) is 1.63. The summed E-state index contributed by atoms with van der Waals surface area (Å²) >= 11 is 6.04. The summed E-state index contributed by atoms with van der Waals surface area (Å²) in [5.74, 6) is 2.52. The normalized spacial score (nSPS) is 10.2. The zero-order valence-electron chi connectivity index (χ0n) is 10.3. The highest BCUT2D eigenvalue weighted by Crippen LogP contribution is 2.28. The number of para-hydroxylation sites is 1. The molecule has 1 aromatic heterocycles. The number of ether oxygens (including phenoxy) is 1. The number of nitrogens with one attached hydrogen (secondary N) is 1. The summed E-state index contributed by atoms with van der Waals surface area (Å²) < 4.78 is 5.67. The van der Waals surface area contributed by atoms with Crippen molar-refractivity contribution in [3.05, 3.63) is 41.2 Å². The number of rotatable bonds is 4. The van der Waals surface area contributed by atoms with Gasteiger partial charge >= 0.3 is 0 Å². The summed E-state index contributed by atoms with van der Waals surface area (Å²) in [5, 5.41) is 3.53. The lowest BCUT2D eigenvalue weighted by molar-refractivity contribution is 0.459. The minimum absolute atomic E-state index is 0.485. The highest BCUT2D eigenvalue weighted by Gasteiger charge is 2.06. The summed E-state index contributed by atoms with van der Waals surface area (Å²) in [6.07, 6.45) is 0.744. The topological polar surface area (TPSA) is 47.0 Å². The number of hydrogen-bond donors (Lipinski definition) is 1. The molecule has 94 valence electrons. The van der Waals surface area contributed by atoms with E-state index < -0.39 is 0 Å². The van der Waals surface area contributed by atoms with Gasteiger partial charge in [-0.15, -0.1) is 0 Å². The van der Waals surface area contributed by atoms with Crippen molar-refractivity contribution in [3.8, 4) is 11.6 Å². The highest BCUT2D eigenvalue weighted by atomic mass is 35.5. The molecule has 2 aromatic rings. The maximum atomic E-state index is 6.04. The Morgan fingerprint density at radius 2 is 2.06 bits per heavy atom. The molecule has 0 unspecified atom stereocenters. The molecule has 4 nitrogen and oxygen atoms in total. The van der Waals surface area contributed by atoms with Crippen LogP contribution in [0.5, 0.6) is 11.6 Å². The first-order valence-electron chi connectivity index (χ1n) is 5.71. The van der Waals surface area contributed by atoms with E-state index in [-0.39, 0.29) is 0 Å². The molecule has 1 heterocycles. The van der Waals surface area contributed by atoms with Crippen molar-refractivity contribution in [1.82, 2.24) is 9.97 Å². The molecule has 0 aliphatic heterocycles. The molecule has 5 heteroatoms. The van der Waals surface area contributed by atoms with E-state index in [1.807, 2.05) is 19.1 Å². The van der Waals surface area contributed by atoms with Crippen molar-refractivity contribution in [3.63, 3.8) is 0 Å². The van der Waals surface area contributed by atoms with Crippen molar-refractivity contribution in [2.45, 2.75) is 13.3 Å².